The van der Waals surface area contributed by atoms with Gasteiger partial charge in [-0.05, 0) is 19.1 Å². The summed E-state index contributed by atoms with van der Waals surface area (Å²) in [6, 6.07) is 11.2. The molecule has 0 fully saturated rings. The Kier molecular flexibility index (Phi) is 5.04. The lowest BCUT2D eigenvalue weighted by Crippen LogP contribution is -1.91. The van der Waals surface area contributed by atoms with Crippen molar-refractivity contribution in [2.45, 2.75) is 6.92 Å². The molecule has 4 nitrogen and oxygen atoms in total. The molecule has 0 saturated carbocycles. The number of halogens is 2. The molecule has 0 atom stereocenters. The molecule has 1 heterocycles. The predicted octanol–water partition coefficient (Wildman–Crippen LogP) is 5.58. The van der Waals surface area contributed by atoms with Crippen LogP contribution < -0.4 is 5.43 Å². The number of rotatable bonds is 4. The monoisotopic (exact) mass is 377 g/mol. The summed E-state index contributed by atoms with van der Waals surface area (Å²) >= 11 is 13.2. The van der Waals surface area contributed by atoms with Crippen LogP contribution in [0, 0.1) is 6.92 Å². The molecule has 0 aliphatic heterocycles. The Morgan fingerprint density at radius 2 is 1.96 bits per heavy atom. The zero-order chi connectivity index (χ0) is 17.1. The van der Waals surface area contributed by atoms with Crippen molar-refractivity contribution < 1.29 is 5.11 Å². The van der Waals surface area contributed by atoms with E-state index in [4.69, 9.17) is 23.2 Å². The van der Waals surface area contributed by atoms with Crippen LogP contribution in [0.1, 0.15) is 11.1 Å². The summed E-state index contributed by atoms with van der Waals surface area (Å²) in [7, 11) is 0. The Morgan fingerprint density at radius 3 is 2.71 bits per heavy atom. The molecule has 3 rings (SSSR count). The Labute approximate surface area is 153 Å². The highest BCUT2D eigenvalue weighted by Crippen LogP contribution is 2.30. The van der Waals surface area contributed by atoms with E-state index in [2.05, 4.69) is 15.5 Å². The van der Waals surface area contributed by atoms with Crippen molar-refractivity contribution in [3.8, 4) is 17.0 Å². The molecule has 0 bridgehead atoms. The Bertz CT molecular complexity index is 891. The normalized spacial score (nSPS) is 11.1. The van der Waals surface area contributed by atoms with Crippen LogP contribution >= 0.6 is 34.5 Å². The van der Waals surface area contributed by atoms with E-state index in [1.807, 2.05) is 36.6 Å². The van der Waals surface area contributed by atoms with Crippen LogP contribution in [-0.2, 0) is 0 Å². The van der Waals surface area contributed by atoms with Gasteiger partial charge in [-0.1, -0.05) is 53.0 Å². The van der Waals surface area contributed by atoms with Gasteiger partial charge in [0.15, 0.2) is 0 Å². The highest BCUT2D eigenvalue weighted by Gasteiger charge is 2.06. The average Bonchev–Trinajstić information content (AvgIpc) is 3.01. The first kappa shape index (κ1) is 16.8. The minimum atomic E-state index is -0.0638. The van der Waals surface area contributed by atoms with Gasteiger partial charge in [-0.2, -0.15) is 5.10 Å². The van der Waals surface area contributed by atoms with E-state index >= 15 is 0 Å². The summed E-state index contributed by atoms with van der Waals surface area (Å²) < 4.78 is 0. The highest BCUT2D eigenvalue weighted by atomic mass is 35.5. The number of phenolic OH excluding ortho intramolecular Hbond substituents is 1. The first-order chi connectivity index (χ1) is 11.5. The molecule has 0 radical (unpaired) electrons. The molecule has 0 amide bonds. The summed E-state index contributed by atoms with van der Waals surface area (Å²) in [6.07, 6.45) is 1.44. The fourth-order valence-corrected chi connectivity index (χ4v) is 3.20. The summed E-state index contributed by atoms with van der Waals surface area (Å²) in [4.78, 5) is 4.48. The summed E-state index contributed by atoms with van der Waals surface area (Å²) in [5.74, 6) is -0.0638. The van der Waals surface area contributed by atoms with Crippen molar-refractivity contribution in [1.82, 2.24) is 4.98 Å². The predicted molar refractivity (Wildman–Crippen MR) is 102 cm³/mol. The SMILES string of the molecule is Cc1ccc(-c2csc(N/N=C\c3cc(Cl)cc(Cl)c3O)n2)cc1. The van der Waals surface area contributed by atoms with Crippen LogP contribution in [0.25, 0.3) is 11.3 Å². The molecule has 3 aromatic rings. The fourth-order valence-electron chi connectivity index (χ4n) is 2.02. The number of nitrogens with zero attached hydrogens (tertiary/aromatic N) is 2. The van der Waals surface area contributed by atoms with E-state index in [0.29, 0.717) is 15.7 Å². The number of hydrogen-bond donors (Lipinski definition) is 2. The quantitative estimate of drug-likeness (QED) is 0.461. The molecule has 1 aromatic heterocycles. The van der Waals surface area contributed by atoms with Crippen molar-refractivity contribution in [2.24, 2.45) is 5.10 Å². The van der Waals surface area contributed by atoms with Crippen LogP contribution in [0.4, 0.5) is 5.13 Å². The standard InChI is InChI=1S/C17H13Cl2N3OS/c1-10-2-4-11(5-3-10)15-9-24-17(21-15)22-20-8-12-6-13(18)7-14(19)16(12)23/h2-9,23H,1H3,(H,21,22)/b20-8-. The maximum Gasteiger partial charge on any atom is 0.203 e. The number of aryl methyl sites for hydroxylation is 1. The van der Waals surface area contributed by atoms with Gasteiger partial charge in [-0.15, -0.1) is 11.3 Å². The zero-order valence-corrected chi connectivity index (χ0v) is 15.0. The number of hydrazone groups is 1. The van der Waals surface area contributed by atoms with Crippen molar-refractivity contribution >= 4 is 45.9 Å². The van der Waals surface area contributed by atoms with Gasteiger partial charge in [0.2, 0.25) is 5.13 Å². The van der Waals surface area contributed by atoms with Crippen molar-refractivity contribution in [3.63, 3.8) is 0 Å². The minimum absolute atomic E-state index is 0.0638. The molecule has 24 heavy (non-hydrogen) atoms. The number of thiazole rings is 1. The average molecular weight is 378 g/mol. The molecule has 0 aliphatic carbocycles. The largest absolute Gasteiger partial charge is 0.506 e. The number of aromatic nitrogens is 1. The van der Waals surface area contributed by atoms with E-state index in [1.54, 1.807) is 6.07 Å². The van der Waals surface area contributed by atoms with Crippen LogP contribution in [-0.4, -0.2) is 16.3 Å². The molecular weight excluding hydrogens is 365 g/mol. The number of nitrogens with one attached hydrogen (secondary N) is 1. The molecule has 2 N–H and O–H groups in total. The van der Waals surface area contributed by atoms with Gasteiger partial charge in [0.05, 0.1) is 16.9 Å². The maximum absolute atomic E-state index is 9.87. The maximum atomic E-state index is 9.87. The first-order valence-corrected chi connectivity index (χ1v) is 8.66. The van der Waals surface area contributed by atoms with Crippen molar-refractivity contribution in [3.05, 3.63) is 63.0 Å². The molecule has 0 spiro atoms. The third-order valence-electron chi connectivity index (χ3n) is 3.27. The van der Waals surface area contributed by atoms with Gasteiger partial charge in [-0.25, -0.2) is 4.98 Å². The second-order valence-electron chi connectivity index (χ2n) is 5.10. The van der Waals surface area contributed by atoms with E-state index in [9.17, 15) is 5.11 Å². The molecule has 122 valence electrons. The Balaban J connectivity index is 1.73. The topological polar surface area (TPSA) is 57.5 Å². The fraction of sp³-hybridized carbons (Fsp3) is 0.0588. The van der Waals surface area contributed by atoms with Crippen molar-refractivity contribution in [2.75, 3.05) is 5.43 Å². The van der Waals surface area contributed by atoms with Crippen molar-refractivity contribution in [1.29, 1.82) is 0 Å². The van der Waals surface area contributed by atoms with E-state index in [1.165, 1.54) is 29.2 Å². The van der Waals surface area contributed by atoms with Gasteiger partial charge in [0.1, 0.15) is 5.75 Å². The van der Waals surface area contributed by atoms with E-state index < -0.39 is 0 Å². The van der Waals surface area contributed by atoms with Crippen LogP contribution in [0.2, 0.25) is 10.0 Å². The van der Waals surface area contributed by atoms with Crippen LogP contribution in [0.15, 0.2) is 46.9 Å². The van der Waals surface area contributed by atoms with E-state index in [0.717, 1.165) is 11.3 Å². The molecular formula is C17H13Cl2N3OS. The Morgan fingerprint density at radius 1 is 1.21 bits per heavy atom. The molecule has 7 heteroatoms. The van der Waals surface area contributed by atoms with Crippen LogP contribution in [0.3, 0.4) is 0 Å². The van der Waals surface area contributed by atoms with Gasteiger partial charge < -0.3 is 5.11 Å². The molecule has 2 aromatic carbocycles. The Hall–Kier alpha value is -2.08. The third kappa shape index (κ3) is 3.87. The first-order valence-electron chi connectivity index (χ1n) is 7.02. The van der Waals surface area contributed by atoms with Gasteiger partial charge in [-0.3, -0.25) is 5.43 Å². The zero-order valence-electron chi connectivity index (χ0n) is 12.6. The smallest absolute Gasteiger partial charge is 0.203 e. The van der Waals surface area contributed by atoms with Gasteiger partial charge >= 0.3 is 0 Å². The van der Waals surface area contributed by atoms with Gasteiger partial charge in [0.25, 0.3) is 0 Å². The third-order valence-corrected chi connectivity index (χ3v) is 4.53. The number of phenols is 1. The van der Waals surface area contributed by atoms with E-state index in [-0.39, 0.29) is 10.8 Å². The van der Waals surface area contributed by atoms with Gasteiger partial charge in [0, 0.05) is 21.5 Å². The lowest BCUT2D eigenvalue weighted by Gasteiger charge is -2.02. The summed E-state index contributed by atoms with van der Waals surface area (Å²) in [6.45, 7) is 2.05. The molecule has 0 unspecified atom stereocenters. The summed E-state index contributed by atoms with van der Waals surface area (Å²) in [5.41, 5.74) is 6.40. The lowest BCUT2D eigenvalue weighted by atomic mass is 10.1. The van der Waals surface area contributed by atoms with Crippen LogP contribution in [0.5, 0.6) is 5.75 Å². The summed E-state index contributed by atoms with van der Waals surface area (Å²) in [5, 5.41) is 17.2. The number of anilines is 1. The lowest BCUT2D eigenvalue weighted by molar-refractivity contribution is 0.475. The number of benzene rings is 2. The molecule has 0 aliphatic rings. The highest BCUT2D eigenvalue weighted by molar-refractivity contribution is 7.14. The minimum Gasteiger partial charge on any atom is -0.506 e. The molecule has 0 saturated heterocycles. The number of hydrogen-bond acceptors (Lipinski definition) is 5. The second-order valence-corrected chi connectivity index (χ2v) is 6.80. The second kappa shape index (κ2) is 7.21. The number of aromatic hydroxyl groups is 1.